The van der Waals surface area contributed by atoms with E-state index in [1.54, 1.807) is 6.92 Å². The average molecular weight is 356 g/mol. The number of carbonyl (C=O) groups is 1. The molecule has 8 heteroatoms. The zero-order valence-electron chi connectivity index (χ0n) is 12.3. The summed E-state index contributed by atoms with van der Waals surface area (Å²) in [6.45, 7) is 1.67. The van der Waals surface area contributed by atoms with Crippen LogP contribution in [-0.2, 0) is 10.0 Å². The molecule has 2 aromatic carbocycles. The van der Waals surface area contributed by atoms with Crippen molar-refractivity contribution in [2.24, 2.45) is 0 Å². The Hall–Kier alpha value is -2.25. The van der Waals surface area contributed by atoms with Gasteiger partial charge in [-0.2, -0.15) is 0 Å². The zero-order chi connectivity index (χ0) is 17.2. The lowest BCUT2D eigenvalue weighted by Crippen LogP contribution is -2.15. The van der Waals surface area contributed by atoms with Crippen molar-refractivity contribution >= 4 is 33.3 Å². The summed E-state index contributed by atoms with van der Waals surface area (Å²) in [6, 6.07) is 8.39. The summed E-state index contributed by atoms with van der Waals surface area (Å²) in [7, 11) is -2.65. The predicted octanol–water partition coefficient (Wildman–Crippen LogP) is 3.16. The number of nitrogens with one attached hydrogen (secondary N) is 1. The minimum absolute atomic E-state index is 0.0219. The molecular formula is C15H14ClNO5S. The molecule has 0 unspecified atom stereocenters. The van der Waals surface area contributed by atoms with E-state index in [1.165, 1.54) is 43.5 Å². The first-order chi connectivity index (χ1) is 10.7. The van der Waals surface area contributed by atoms with Gasteiger partial charge < -0.3 is 9.84 Å². The van der Waals surface area contributed by atoms with Crippen LogP contribution < -0.4 is 9.46 Å². The maximum absolute atomic E-state index is 12.6. The number of halogens is 1. The van der Waals surface area contributed by atoms with Crippen LogP contribution in [0.2, 0.25) is 5.02 Å². The Balaban J connectivity index is 2.49. The van der Waals surface area contributed by atoms with E-state index in [9.17, 15) is 13.2 Å². The lowest BCUT2D eigenvalue weighted by molar-refractivity contribution is 0.0697. The van der Waals surface area contributed by atoms with Crippen LogP contribution in [0.5, 0.6) is 5.75 Å². The number of carboxylic acid groups (broad SMARTS) is 1. The summed E-state index contributed by atoms with van der Waals surface area (Å²) >= 11 is 5.86. The van der Waals surface area contributed by atoms with Crippen LogP contribution in [0.1, 0.15) is 15.9 Å². The maximum atomic E-state index is 12.6. The molecule has 2 rings (SSSR count). The van der Waals surface area contributed by atoms with Crippen LogP contribution in [0, 0.1) is 6.92 Å². The highest BCUT2D eigenvalue weighted by Crippen LogP contribution is 2.29. The van der Waals surface area contributed by atoms with Crippen LogP contribution >= 0.6 is 11.6 Å². The van der Waals surface area contributed by atoms with Crippen molar-refractivity contribution in [2.75, 3.05) is 11.8 Å². The van der Waals surface area contributed by atoms with Gasteiger partial charge >= 0.3 is 5.97 Å². The van der Waals surface area contributed by atoms with Gasteiger partial charge in [-0.15, -0.1) is 0 Å². The van der Waals surface area contributed by atoms with Crippen LogP contribution in [0.4, 0.5) is 5.69 Å². The molecule has 122 valence electrons. The molecule has 0 amide bonds. The summed E-state index contributed by atoms with van der Waals surface area (Å²) in [5.41, 5.74) is 0.734. The molecule has 0 aliphatic rings. The summed E-state index contributed by atoms with van der Waals surface area (Å²) in [5.74, 6) is -1.01. The highest BCUT2D eigenvalue weighted by atomic mass is 35.5. The quantitative estimate of drug-likeness (QED) is 0.859. The highest BCUT2D eigenvalue weighted by molar-refractivity contribution is 7.92. The number of rotatable bonds is 5. The van der Waals surface area contributed by atoms with E-state index in [-0.39, 0.29) is 26.9 Å². The second-order valence-electron chi connectivity index (χ2n) is 4.74. The fourth-order valence-electron chi connectivity index (χ4n) is 1.93. The second-order valence-corrected chi connectivity index (χ2v) is 6.82. The number of aryl methyl sites for hydroxylation is 1. The molecule has 0 heterocycles. The summed E-state index contributed by atoms with van der Waals surface area (Å²) in [6.07, 6.45) is 0. The molecule has 0 radical (unpaired) electrons. The van der Waals surface area contributed by atoms with Gasteiger partial charge in [-0.25, -0.2) is 13.2 Å². The van der Waals surface area contributed by atoms with Gasteiger partial charge in [0.25, 0.3) is 10.0 Å². The lowest BCUT2D eigenvalue weighted by atomic mass is 10.1. The van der Waals surface area contributed by atoms with Gasteiger partial charge in [0.05, 0.1) is 18.4 Å². The van der Waals surface area contributed by atoms with Crippen LogP contribution in [-0.4, -0.2) is 26.6 Å². The van der Waals surface area contributed by atoms with Crippen molar-refractivity contribution in [1.29, 1.82) is 0 Å². The normalized spacial score (nSPS) is 11.1. The molecule has 23 heavy (non-hydrogen) atoms. The van der Waals surface area contributed by atoms with Crippen molar-refractivity contribution in [3.63, 3.8) is 0 Å². The van der Waals surface area contributed by atoms with Crippen molar-refractivity contribution in [1.82, 2.24) is 0 Å². The molecule has 0 atom stereocenters. The lowest BCUT2D eigenvalue weighted by Gasteiger charge is -2.14. The maximum Gasteiger partial charge on any atom is 0.335 e. The first-order valence-electron chi connectivity index (χ1n) is 6.45. The molecule has 2 N–H and O–H groups in total. The third-order valence-electron chi connectivity index (χ3n) is 3.14. The summed E-state index contributed by atoms with van der Waals surface area (Å²) in [5, 5.41) is 9.26. The molecule has 0 spiro atoms. The number of methoxy groups -OCH3 is 1. The number of benzene rings is 2. The SMILES string of the molecule is COc1ccc(Cl)cc1S(=O)(=O)Nc1cc(C(=O)O)ccc1C. The number of hydrogen-bond acceptors (Lipinski definition) is 4. The van der Waals surface area contributed by atoms with E-state index in [1.807, 2.05) is 0 Å². The molecule has 0 aromatic heterocycles. The Morgan fingerprint density at radius 2 is 1.91 bits per heavy atom. The number of carboxylic acids is 1. The Morgan fingerprint density at radius 3 is 2.52 bits per heavy atom. The van der Waals surface area contributed by atoms with Gasteiger partial charge in [-0.1, -0.05) is 17.7 Å². The molecular weight excluding hydrogens is 342 g/mol. The van der Waals surface area contributed by atoms with Crippen molar-refractivity contribution in [2.45, 2.75) is 11.8 Å². The van der Waals surface area contributed by atoms with Crippen molar-refractivity contribution in [3.8, 4) is 5.75 Å². The standard InChI is InChI=1S/C15H14ClNO5S/c1-9-3-4-10(15(18)19)7-12(9)17-23(20,21)14-8-11(16)5-6-13(14)22-2/h3-8,17H,1-2H3,(H,18,19). The molecule has 2 aromatic rings. The van der Waals surface area contributed by atoms with Gasteiger partial charge in [0.15, 0.2) is 0 Å². The van der Waals surface area contributed by atoms with Gasteiger partial charge in [0.2, 0.25) is 0 Å². The smallest absolute Gasteiger partial charge is 0.335 e. The number of sulfonamides is 1. The topological polar surface area (TPSA) is 92.7 Å². The molecule has 0 fully saturated rings. The fraction of sp³-hybridized carbons (Fsp3) is 0.133. The van der Waals surface area contributed by atoms with E-state index in [0.717, 1.165) is 0 Å². The molecule has 6 nitrogen and oxygen atoms in total. The Kier molecular flexibility index (Phi) is 4.82. The molecule has 0 saturated carbocycles. The summed E-state index contributed by atoms with van der Waals surface area (Å²) < 4.78 is 32.6. The monoisotopic (exact) mass is 355 g/mol. The van der Waals surface area contributed by atoms with Gasteiger partial charge in [-0.05, 0) is 42.8 Å². The van der Waals surface area contributed by atoms with Gasteiger partial charge in [0, 0.05) is 5.02 Å². The zero-order valence-corrected chi connectivity index (χ0v) is 13.9. The first kappa shape index (κ1) is 17.1. The molecule has 0 aliphatic carbocycles. The van der Waals surface area contributed by atoms with E-state index in [4.69, 9.17) is 21.4 Å². The van der Waals surface area contributed by atoms with Gasteiger partial charge in [-0.3, -0.25) is 4.72 Å². The number of ether oxygens (including phenoxy) is 1. The third-order valence-corrected chi connectivity index (χ3v) is 4.77. The largest absolute Gasteiger partial charge is 0.495 e. The van der Waals surface area contributed by atoms with Crippen LogP contribution in [0.15, 0.2) is 41.3 Å². The number of aromatic carboxylic acids is 1. The second kappa shape index (κ2) is 6.47. The first-order valence-corrected chi connectivity index (χ1v) is 8.31. The Labute approximate surface area is 138 Å². The van der Waals surface area contributed by atoms with E-state index >= 15 is 0 Å². The summed E-state index contributed by atoms with van der Waals surface area (Å²) in [4.78, 5) is 10.9. The minimum Gasteiger partial charge on any atom is -0.495 e. The minimum atomic E-state index is -4.00. The fourth-order valence-corrected chi connectivity index (χ4v) is 3.48. The average Bonchev–Trinajstić information content (AvgIpc) is 2.49. The van der Waals surface area contributed by atoms with Crippen LogP contribution in [0.3, 0.4) is 0 Å². The van der Waals surface area contributed by atoms with E-state index in [2.05, 4.69) is 4.72 Å². The predicted molar refractivity (Wildman–Crippen MR) is 87.0 cm³/mol. The molecule has 0 bridgehead atoms. The molecule has 0 saturated heterocycles. The van der Waals surface area contributed by atoms with E-state index < -0.39 is 16.0 Å². The highest BCUT2D eigenvalue weighted by Gasteiger charge is 2.21. The number of anilines is 1. The Bertz CT molecular complexity index is 864. The van der Waals surface area contributed by atoms with Crippen LogP contribution in [0.25, 0.3) is 0 Å². The molecule has 0 aliphatic heterocycles. The number of hydrogen-bond donors (Lipinski definition) is 2. The Morgan fingerprint density at radius 1 is 1.22 bits per heavy atom. The van der Waals surface area contributed by atoms with Gasteiger partial charge in [0.1, 0.15) is 10.6 Å². The van der Waals surface area contributed by atoms with E-state index in [0.29, 0.717) is 5.56 Å². The van der Waals surface area contributed by atoms with Crippen molar-refractivity contribution < 1.29 is 23.1 Å². The third kappa shape index (κ3) is 3.75. The van der Waals surface area contributed by atoms with Crippen molar-refractivity contribution in [3.05, 3.63) is 52.5 Å².